The fourth-order valence-electron chi connectivity index (χ4n) is 1.19. The number of benzene rings is 1. The number of carbonyl (C=O) groups is 1. The monoisotopic (exact) mass is 267 g/mol. The molecule has 1 aromatic carbocycles. The van der Waals surface area contributed by atoms with E-state index in [4.69, 9.17) is 10.8 Å². The quantitative estimate of drug-likeness (QED) is 0.829. The fraction of sp³-hybridized carbons (Fsp3) is 0.100. The molecule has 0 aliphatic rings. The molecule has 7 heteroatoms. The third kappa shape index (κ3) is 2.75. The number of nitrogens with two attached hydrogens (primary N) is 1. The van der Waals surface area contributed by atoms with Gasteiger partial charge in [0.25, 0.3) is 0 Å². The third-order valence-electron chi connectivity index (χ3n) is 1.96. The Balaban J connectivity index is 2.25. The summed E-state index contributed by atoms with van der Waals surface area (Å²) in [4.78, 5) is 11.5. The van der Waals surface area contributed by atoms with Crippen molar-refractivity contribution in [1.29, 1.82) is 0 Å². The summed E-state index contributed by atoms with van der Waals surface area (Å²) >= 11 is 2.85. The van der Waals surface area contributed by atoms with Gasteiger partial charge in [0.05, 0.1) is 5.56 Å². The second kappa shape index (κ2) is 4.72. The van der Waals surface area contributed by atoms with E-state index in [1.165, 1.54) is 35.2 Å². The van der Waals surface area contributed by atoms with E-state index in [2.05, 4.69) is 10.2 Å². The Bertz CT molecular complexity index is 568. The van der Waals surface area contributed by atoms with Gasteiger partial charge in [0.1, 0.15) is 5.01 Å². The molecule has 0 aliphatic heterocycles. The lowest BCUT2D eigenvalue weighted by molar-refractivity contribution is 0.0697. The van der Waals surface area contributed by atoms with Gasteiger partial charge >= 0.3 is 5.97 Å². The lowest BCUT2D eigenvalue weighted by atomic mass is 10.2. The average molecular weight is 267 g/mol. The number of rotatable bonds is 3. The predicted molar refractivity (Wildman–Crippen MR) is 66.6 cm³/mol. The summed E-state index contributed by atoms with van der Waals surface area (Å²) < 4.78 is 0.789. The molecule has 0 atom stereocenters. The molecule has 3 N–H and O–H groups in total. The minimum atomic E-state index is -0.986. The second-order valence-corrected chi connectivity index (χ2v) is 5.72. The Morgan fingerprint density at radius 2 is 2.24 bits per heavy atom. The highest BCUT2D eigenvalue weighted by Gasteiger charge is 2.09. The lowest BCUT2D eigenvalue weighted by Gasteiger charge is -2.03. The van der Waals surface area contributed by atoms with Crippen molar-refractivity contribution in [2.45, 2.75) is 16.2 Å². The molecule has 17 heavy (non-hydrogen) atoms. The summed E-state index contributed by atoms with van der Waals surface area (Å²) in [5.41, 5.74) is 6.40. The number of hydrogen-bond donors (Lipinski definition) is 2. The summed E-state index contributed by atoms with van der Waals surface area (Å²) in [5.74, 6) is -0.986. The molecule has 0 saturated carbocycles. The van der Waals surface area contributed by atoms with Gasteiger partial charge in [0, 0.05) is 10.6 Å². The zero-order valence-electron chi connectivity index (χ0n) is 8.88. The largest absolute Gasteiger partial charge is 0.478 e. The van der Waals surface area contributed by atoms with Crippen LogP contribution >= 0.6 is 23.1 Å². The van der Waals surface area contributed by atoms with Crippen LogP contribution in [0.25, 0.3) is 0 Å². The summed E-state index contributed by atoms with van der Waals surface area (Å²) in [6, 6.07) is 4.65. The predicted octanol–water partition coefficient (Wildman–Crippen LogP) is 2.28. The Labute approximate surface area is 106 Å². The molecule has 0 fully saturated rings. The molecule has 0 amide bonds. The highest BCUT2D eigenvalue weighted by Crippen LogP contribution is 2.34. The van der Waals surface area contributed by atoms with Crippen molar-refractivity contribution in [3.05, 3.63) is 28.8 Å². The van der Waals surface area contributed by atoms with E-state index in [9.17, 15) is 4.79 Å². The van der Waals surface area contributed by atoms with Crippen LogP contribution in [-0.2, 0) is 0 Å². The van der Waals surface area contributed by atoms with Gasteiger partial charge in [0.2, 0.25) is 0 Å². The zero-order chi connectivity index (χ0) is 12.4. The first-order valence-corrected chi connectivity index (χ1v) is 6.30. The van der Waals surface area contributed by atoms with Crippen molar-refractivity contribution in [3.63, 3.8) is 0 Å². The number of anilines is 1. The number of nitrogens with zero attached hydrogens (tertiary/aromatic N) is 2. The van der Waals surface area contributed by atoms with Gasteiger partial charge in [-0.3, -0.25) is 0 Å². The van der Waals surface area contributed by atoms with Crippen LogP contribution in [-0.4, -0.2) is 21.3 Å². The highest BCUT2D eigenvalue weighted by molar-refractivity contribution is 8.01. The standard InChI is InChI=1S/C10H9N3O2S2/c1-5-12-13-10(16-5)17-8-3-2-6(9(14)15)4-7(8)11/h2-4H,11H2,1H3,(H,14,15). The molecule has 0 bridgehead atoms. The van der Waals surface area contributed by atoms with Crippen LogP contribution in [0.5, 0.6) is 0 Å². The van der Waals surface area contributed by atoms with E-state index in [1.807, 2.05) is 6.92 Å². The van der Waals surface area contributed by atoms with Crippen molar-refractivity contribution in [1.82, 2.24) is 10.2 Å². The highest BCUT2D eigenvalue weighted by atomic mass is 32.2. The average Bonchev–Trinajstić information content (AvgIpc) is 2.67. The van der Waals surface area contributed by atoms with Crippen LogP contribution in [0.15, 0.2) is 27.4 Å². The molecule has 2 aromatic rings. The SMILES string of the molecule is Cc1nnc(Sc2ccc(C(=O)O)cc2N)s1. The number of aromatic carboxylic acids is 1. The molecule has 0 radical (unpaired) electrons. The summed E-state index contributed by atoms with van der Waals surface area (Å²) in [6.07, 6.45) is 0. The van der Waals surface area contributed by atoms with E-state index in [1.54, 1.807) is 6.07 Å². The molecule has 2 rings (SSSR count). The van der Waals surface area contributed by atoms with Gasteiger partial charge in [-0.2, -0.15) is 0 Å². The number of carboxylic acid groups (broad SMARTS) is 1. The molecule has 0 spiro atoms. The van der Waals surface area contributed by atoms with Crippen LogP contribution in [0, 0.1) is 6.92 Å². The number of aryl methyl sites for hydroxylation is 1. The first-order chi connectivity index (χ1) is 8.06. The van der Waals surface area contributed by atoms with E-state index < -0.39 is 5.97 Å². The van der Waals surface area contributed by atoms with Crippen LogP contribution in [0.2, 0.25) is 0 Å². The third-order valence-corrected chi connectivity index (χ3v) is 3.94. The summed E-state index contributed by atoms with van der Waals surface area (Å²) in [6.45, 7) is 1.87. The van der Waals surface area contributed by atoms with E-state index in [0.717, 1.165) is 14.2 Å². The van der Waals surface area contributed by atoms with Gasteiger partial charge in [-0.05, 0) is 25.1 Å². The minimum Gasteiger partial charge on any atom is -0.478 e. The molecule has 88 valence electrons. The summed E-state index contributed by atoms with van der Waals surface area (Å²) in [7, 11) is 0. The van der Waals surface area contributed by atoms with Gasteiger partial charge in [-0.25, -0.2) is 4.79 Å². The van der Waals surface area contributed by atoms with Crippen LogP contribution in [0.1, 0.15) is 15.4 Å². The van der Waals surface area contributed by atoms with Gasteiger partial charge in [-0.1, -0.05) is 23.1 Å². The molecule has 0 unspecified atom stereocenters. The van der Waals surface area contributed by atoms with Crippen molar-refractivity contribution in [3.8, 4) is 0 Å². The van der Waals surface area contributed by atoms with Crippen molar-refractivity contribution in [2.75, 3.05) is 5.73 Å². The zero-order valence-corrected chi connectivity index (χ0v) is 10.5. The van der Waals surface area contributed by atoms with Gasteiger partial charge < -0.3 is 10.8 Å². The smallest absolute Gasteiger partial charge is 0.335 e. The van der Waals surface area contributed by atoms with Gasteiger partial charge in [0.15, 0.2) is 4.34 Å². The maximum absolute atomic E-state index is 10.7. The van der Waals surface area contributed by atoms with Crippen LogP contribution in [0.3, 0.4) is 0 Å². The maximum Gasteiger partial charge on any atom is 0.335 e. The maximum atomic E-state index is 10.7. The van der Waals surface area contributed by atoms with E-state index >= 15 is 0 Å². The lowest BCUT2D eigenvalue weighted by Crippen LogP contribution is -1.98. The van der Waals surface area contributed by atoms with Crippen molar-refractivity contribution >= 4 is 34.8 Å². The normalized spacial score (nSPS) is 10.4. The molecule has 1 aromatic heterocycles. The van der Waals surface area contributed by atoms with Crippen LogP contribution in [0.4, 0.5) is 5.69 Å². The number of hydrogen-bond acceptors (Lipinski definition) is 6. The number of carboxylic acids is 1. The molecule has 0 aliphatic carbocycles. The minimum absolute atomic E-state index is 0.181. The van der Waals surface area contributed by atoms with Crippen LogP contribution < -0.4 is 5.73 Å². The Kier molecular flexibility index (Phi) is 3.30. The van der Waals surface area contributed by atoms with E-state index in [-0.39, 0.29) is 5.56 Å². The first-order valence-electron chi connectivity index (χ1n) is 4.67. The van der Waals surface area contributed by atoms with Crippen molar-refractivity contribution in [2.24, 2.45) is 0 Å². The number of aromatic nitrogens is 2. The second-order valence-electron chi connectivity index (χ2n) is 3.25. The van der Waals surface area contributed by atoms with Crippen molar-refractivity contribution < 1.29 is 9.90 Å². The Morgan fingerprint density at radius 3 is 2.76 bits per heavy atom. The fourth-order valence-corrected chi connectivity index (χ4v) is 2.98. The Morgan fingerprint density at radius 1 is 1.47 bits per heavy atom. The van der Waals surface area contributed by atoms with Gasteiger partial charge in [-0.15, -0.1) is 10.2 Å². The molecule has 5 nitrogen and oxygen atoms in total. The number of nitrogen functional groups attached to an aromatic ring is 1. The first kappa shape index (κ1) is 11.9. The molecule has 1 heterocycles. The topological polar surface area (TPSA) is 89.1 Å². The molecule has 0 saturated heterocycles. The molecular formula is C10H9N3O2S2. The summed E-state index contributed by atoms with van der Waals surface area (Å²) in [5, 5.41) is 17.6. The molecular weight excluding hydrogens is 258 g/mol. The Hall–Kier alpha value is -1.60. The van der Waals surface area contributed by atoms with E-state index in [0.29, 0.717) is 5.69 Å².